The molecule has 0 spiro atoms. The normalized spacial score (nSPS) is 11.8. The summed E-state index contributed by atoms with van der Waals surface area (Å²) < 4.78 is 32.6. The molecule has 9 aromatic rings. The summed E-state index contributed by atoms with van der Waals surface area (Å²) >= 11 is 3.21. The van der Waals surface area contributed by atoms with E-state index in [-0.39, 0.29) is 11.6 Å². The first-order valence-corrected chi connectivity index (χ1v) is 16.4. The molecule has 0 atom stereocenters. The minimum Gasteiger partial charge on any atom is -0.308 e. The van der Waals surface area contributed by atoms with Crippen molar-refractivity contribution in [2.45, 2.75) is 0 Å². The van der Waals surface area contributed by atoms with E-state index in [0.29, 0.717) is 0 Å². The van der Waals surface area contributed by atoms with Gasteiger partial charge in [-0.15, -0.1) is 22.7 Å². The highest BCUT2D eigenvalue weighted by Gasteiger charge is 2.22. The fraction of sp³-hybridized carbons (Fsp3) is 0. The molecule has 0 amide bonds. The number of thiophene rings is 2. The SMILES string of the molecule is Fc1ccc2c(c1)sc1c(N(c3ccc(-c4cccc5ccccc45)cc3)c3cccc4c3sc3cc(F)ccc34)cccc12. The van der Waals surface area contributed by atoms with Gasteiger partial charge in [0.05, 0.1) is 20.8 Å². The molecule has 5 heteroatoms. The molecule has 0 aliphatic carbocycles. The Hall–Kier alpha value is -5.10. The Morgan fingerprint density at radius 1 is 0.444 bits per heavy atom. The first-order chi connectivity index (χ1) is 22.1. The number of hydrogen-bond donors (Lipinski definition) is 0. The molecule has 7 aromatic carbocycles. The molecule has 45 heavy (non-hydrogen) atoms. The fourth-order valence-corrected chi connectivity index (χ4v) is 9.00. The third kappa shape index (κ3) is 4.23. The zero-order valence-electron chi connectivity index (χ0n) is 23.8. The molecule has 2 aromatic heterocycles. The average Bonchev–Trinajstić information content (AvgIpc) is 3.63. The molecule has 0 saturated heterocycles. The van der Waals surface area contributed by atoms with Gasteiger partial charge >= 0.3 is 0 Å². The van der Waals surface area contributed by atoms with E-state index in [2.05, 4.69) is 108 Å². The van der Waals surface area contributed by atoms with E-state index in [4.69, 9.17) is 0 Å². The maximum Gasteiger partial charge on any atom is 0.124 e. The third-order valence-corrected chi connectivity index (χ3v) is 11.0. The Kier molecular flexibility index (Phi) is 5.98. The minimum atomic E-state index is -0.237. The first kappa shape index (κ1) is 26.3. The fourth-order valence-electron chi connectivity index (χ4n) is 6.54. The predicted molar refractivity (Wildman–Crippen MR) is 190 cm³/mol. The van der Waals surface area contributed by atoms with E-state index in [1.54, 1.807) is 34.8 Å². The number of benzene rings is 7. The van der Waals surface area contributed by atoms with Gasteiger partial charge in [-0.1, -0.05) is 78.9 Å². The molecule has 214 valence electrons. The monoisotopic (exact) mass is 619 g/mol. The van der Waals surface area contributed by atoms with Gasteiger partial charge in [0.1, 0.15) is 11.6 Å². The summed E-state index contributed by atoms with van der Waals surface area (Å²) in [6.45, 7) is 0. The van der Waals surface area contributed by atoms with E-state index >= 15 is 0 Å². The second-order valence-corrected chi connectivity index (χ2v) is 13.3. The van der Waals surface area contributed by atoms with Gasteiger partial charge in [-0.05, 0) is 82.6 Å². The summed E-state index contributed by atoms with van der Waals surface area (Å²) in [6.07, 6.45) is 0. The summed E-state index contributed by atoms with van der Waals surface area (Å²) in [7, 11) is 0. The Morgan fingerprint density at radius 3 is 1.60 bits per heavy atom. The molecule has 0 radical (unpaired) electrons. The zero-order valence-corrected chi connectivity index (χ0v) is 25.4. The van der Waals surface area contributed by atoms with Crippen LogP contribution in [0, 0.1) is 11.6 Å². The smallest absolute Gasteiger partial charge is 0.124 e. The van der Waals surface area contributed by atoms with Crippen molar-refractivity contribution < 1.29 is 8.78 Å². The van der Waals surface area contributed by atoms with Gasteiger partial charge in [0, 0.05) is 36.6 Å². The average molecular weight is 620 g/mol. The van der Waals surface area contributed by atoms with Crippen molar-refractivity contribution in [3.05, 3.63) is 151 Å². The molecule has 0 unspecified atom stereocenters. The molecule has 0 bridgehead atoms. The van der Waals surface area contributed by atoms with Crippen LogP contribution in [0.3, 0.4) is 0 Å². The number of anilines is 3. The van der Waals surface area contributed by atoms with Crippen LogP contribution in [0.4, 0.5) is 25.8 Å². The van der Waals surface area contributed by atoms with E-state index in [1.165, 1.54) is 28.5 Å². The van der Waals surface area contributed by atoms with Crippen molar-refractivity contribution in [3.8, 4) is 11.1 Å². The quantitative estimate of drug-likeness (QED) is 0.189. The number of fused-ring (bicyclic) bond motifs is 7. The van der Waals surface area contributed by atoms with Gasteiger partial charge in [-0.25, -0.2) is 8.78 Å². The number of nitrogens with zero attached hydrogens (tertiary/aromatic N) is 1. The highest BCUT2D eigenvalue weighted by Crippen LogP contribution is 2.49. The van der Waals surface area contributed by atoms with Gasteiger partial charge in [0.25, 0.3) is 0 Å². The molecule has 1 nitrogen and oxygen atoms in total. The van der Waals surface area contributed by atoms with Gasteiger partial charge < -0.3 is 4.90 Å². The topological polar surface area (TPSA) is 3.24 Å². The Bertz CT molecular complexity index is 2450. The van der Waals surface area contributed by atoms with Crippen LogP contribution < -0.4 is 4.90 Å². The lowest BCUT2D eigenvalue weighted by molar-refractivity contribution is 0.629. The van der Waals surface area contributed by atoms with Crippen LogP contribution in [-0.2, 0) is 0 Å². The first-order valence-electron chi connectivity index (χ1n) is 14.7. The second-order valence-electron chi connectivity index (χ2n) is 11.2. The summed E-state index contributed by atoms with van der Waals surface area (Å²) in [5.41, 5.74) is 5.37. The van der Waals surface area contributed by atoms with Gasteiger partial charge in [-0.2, -0.15) is 0 Å². The zero-order chi connectivity index (χ0) is 30.1. The van der Waals surface area contributed by atoms with Crippen LogP contribution in [0.1, 0.15) is 0 Å². The Labute approximate surface area is 265 Å². The molecule has 0 aliphatic heterocycles. The van der Waals surface area contributed by atoms with Crippen LogP contribution in [-0.4, -0.2) is 0 Å². The number of halogens is 2. The van der Waals surface area contributed by atoms with E-state index in [1.807, 2.05) is 12.1 Å². The molecule has 0 fully saturated rings. The molecule has 0 saturated carbocycles. The lowest BCUT2D eigenvalue weighted by Crippen LogP contribution is -2.10. The Balaban J connectivity index is 1.30. The Morgan fingerprint density at radius 2 is 0.978 bits per heavy atom. The molecule has 0 aliphatic rings. The van der Waals surface area contributed by atoms with Crippen molar-refractivity contribution in [1.29, 1.82) is 0 Å². The van der Waals surface area contributed by atoms with Crippen molar-refractivity contribution in [2.24, 2.45) is 0 Å². The maximum atomic E-state index is 14.3. The molecule has 9 rings (SSSR count). The van der Waals surface area contributed by atoms with Crippen molar-refractivity contribution in [3.63, 3.8) is 0 Å². The largest absolute Gasteiger partial charge is 0.308 e. The maximum absolute atomic E-state index is 14.3. The second kappa shape index (κ2) is 10.2. The van der Waals surface area contributed by atoms with E-state index < -0.39 is 0 Å². The number of rotatable bonds is 4. The van der Waals surface area contributed by atoms with E-state index in [0.717, 1.165) is 63.0 Å². The molecular weight excluding hydrogens is 597 g/mol. The highest BCUT2D eigenvalue weighted by atomic mass is 32.1. The lowest BCUT2D eigenvalue weighted by atomic mass is 9.98. The molecule has 0 N–H and O–H groups in total. The van der Waals surface area contributed by atoms with Crippen LogP contribution in [0.5, 0.6) is 0 Å². The number of hydrogen-bond acceptors (Lipinski definition) is 3. The summed E-state index contributed by atoms with van der Waals surface area (Å²) in [5, 5.41) is 6.70. The summed E-state index contributed by atoms with van der Waals surface area (Å²) in [5.74, 6) is -0.475. The predicted octanol–water partition coefficient (Wildman–Crippen LogP) is 13.0. The van der Waals surface area contributed by atoms with E-state index in [9.17, 15) is 8.78 Å². The lowest BCUT2D eigenvalue weighted by Gasteiger charge is -2.27. The molecule has 2 heterocycles. The van der Waals surface area contributed by atoms with Crippen LogP contribution >= 0.6 is 22.7 Å². The van der Waals surface area contributed by atoms with Crippen LogP contribution in [0.2, 0.25) is 0 Å². The van der Waals surface area contributed by atoms with Crippen molar-refractivity contribution >= 4 is 90.9 Å². The highest BCUT2D eigenvalue weighted by molar-refractivity contribution is 7.27. The van der Waals surface area contributed by atoms with Crippen molar-refractivity contribution in [1.82, 2.24) is 0 Å². The van der Waals surface area contributed by atoms with Crippen LogP contribution in [0.25, 0.3) is 62.2 Å². The van der Waals surface area contributed by atoms with Gasteiger partial charge in [0.15, 0.2) is 0 Å². The van der Waals surface area contributed by atoms with Gasteiger partial charge in [0.2, 0.25) is 0 Å². The summed E-state index contributed by atoms with van der Waals surface area (Å²) in [6, 6.07) is 46.3. The molecular formula is C40H23F2NS2. The van der Waals surface area contributed by atoms with Crippen molar-refractivity contribution in [2.75, 3.05) is 4.90 Å². The standard InChI is InChI=1S/C40H23F2NS2/c41-26-16-20-31-33-10-4-12-35(39(33)44-37(31)22-26)43(36-13-5-11-34-32-21-17-27(42)23-38(32)45-40(34)36)28-18-14-25(15-19-28)30-9-3-7-24-6-1-2-8-29(24)30/h1-23H. The summed E-state index contributed by atoms with van der Waals surface area (Å²) in [4.78, 5) is 2.30. The minimum absolute atomic E-state index is 0.237. The third-order valence-electron chi connectivity index (χ3n) is 8.59. The van der Waals surface area contributed by atoms with Gasteiger partial charge in [-0.3, -0.25) is 0 Å². The van der Waals surface area contributed by atoms with Crippen LogP contribution in [0.15, 0.2) is 140 Å².